The molecule has 4 aromatic heterocycles. The summed E-state index contributed by atoms with van der Waals surface area (Å²) in [6.07, 6.45) is 0. The van der Waals surface area contributed by atoms with Crippen molar-refractivity contribution in [2.45, 2.75) is 0 Å². The first-order chi connectivity index (χ1) is 26.5. The molecule has 3 aromatic carbocycles. The van der Waals surface area contributed by atoms with E-state index in [1.807, 2.05) is 0 Å². The van der Waals surface area contributed by atoms with Crippen LogP contribution in [0.4, 0.5) is 65.9 Å². The third-order valence-corrected chi connectivity index (χ3v) is 9.03. The first-order valence-electron chi connectivity index (χ1n) is 15.5. The summed E-state index contributed by atoms with van der Waals surface area (Å²) >= 11 is 0. The van der Waals surface area contributed by atoms with Crippen LogP contribution in [-0.2, 0) is 0 Å². The molecule has 7 aromatic rings. The van der Waals surface area contributed by atoms with E-state index in [0.717, 1.165) is 36.4 Å². The first kappa shape index (κ1) is 36.3. The Kier molecular flexibility index (Phi) is 8.24. The van der Waals surface area contributed by atoms with Crippen molar-refractivity contribution in [3.63, 3.8) is 0 Å². The monoisotopic (exact) mass is 797 g/mol. The van der Waals surface area contributed by atoms with E-state index in [-0.39, 0.29) is 11.4 Å². The minimum atomic E-state index is -2.59. The maximum absolute atomic E-state index is 15.6. The molecule has 0 spiro atoms. The SMILES string of the molecule is Fc1c(F)c(F)c([C+]2c3ccc([nH]3)-c3ccc([nH]3)[C+](c3c(F)c(F)c(F)c(F)c3F)c3ccc([nH]3)[C+](c3c(F)c(F)c(F)c(F)c3F)c3ccc2[nH]3)c(F)c1F. The largest absolute Gasteiger partial charge is 0.340 e. The number of hydrogen-bond donors (Lipinski definition) is 4. The summed E-state index contributed by atoms with van der Waals surface area (Å²) in [7, 11) is 0. The predicted octanol–water partition coefficient (Wildman–Crippen LogP) is 10.1. The van der Waals surface area contributed by atoms with Crippen LogP contribution < -0.4 is 0 Å². The van der Waals surface area contributed by atoms with Crippen molar-refractivity contribution in [2.75, 3.05) is 0 Å². The van der Waals surface area contributed by atoms with E-state index in [2.05, 4.69) is 19.9 Å². The minimum absolute atomic E-state index is 0.0631. The highest BCUT2D eigenvalue weighted by molar-refractivity contribution is 5.66. The van der Waals surface area contributed by atoms with Gasteiger partial charge in [0.1, 0.15) is 51.9 Å². The molecule has 0 radical (unpaired) electrons. The minimum Gasteiger partial charge on any atom is -0.340 e. The molecule has 56 heavy (non-hydrogen) atoms. The number of rotatable bonds is 3. The molecule has 0 fully saturated rings. The maximum atomic E-state index is 15.6. The highest BCUT2D eigenvalue weighted by atomic mass is 19.2. The average Bonchev–Trinajstić information content (AvgIpc) is 4.03. The second-order valence-corrected chi connectivity index (χ2v) is 12.1. The molecule has 0 atom stereocenters. The number of halogens is 15. The molecule has 4 nitrogen and oxygen atoms in total. The Hall–Kier alpha value is -6.66. The number of benzene rings is 3. The Balaban J connectivity index is 1.47. The fraction of sp³-hybridized carbons (Fsp3) is 0. The molecule has 0 amide bonds. The molecule has 8 rings (SSSR count). The van der Waals surface area contributed by atoms with Gasteiger partial charge in [0.15, 0.2) is 16.7 Å². The Morgan fingerprint density at radius 2 is 0.411 bits per heavy atom. The summed E-state index contributed by atoms with van der Waals surface area (Å²) < 4.78 is 223. The van der Waals surface area contributed by atoms with Crippen LogP contribution in [0.15, 0.2) is 48.5 Å². The van der Waals surface area contributed by atoms with Gasteiger partial charge in [0.25, 0.3) is 0 Å². The average molecular weight is 798 g/mol. The molecule has 0 saturated heterocycles. The van der Waals surface area contributed by atoms with Crippen molar-refractivity contribution in [3.05, 3.63) is 204 Å². The first-order valence-corrected chi connectivity index (χ1v) is 15.5. The van der Waals surface area contributed by atoms with Crippen LogP contribution in [-0.4, -0.2) is 19.9 Å². The van der Waals surface area contributed by atoms with Crippen LogP contribution in [0, 0.1) is 105 Å². The molecule has 0 unspecified atom stereocenters. The van der Waals surface area contributed by atoms with E-state index in [9.17, 15) is 39.5 Å². The lowest BCUT2D eigenvalue weighted by Gasteiger charge is -2.14. The zero-order valence-corrected chi connectivity index (χ0v) is 26.8. The van der Waals surface area contributed by atoms with Gasteiger partial charge in [0.05, 0.1) is 35.7 Å². The van der Waals surface area contributed by atoms with E-state index in [0.29, 0.717) is 0 Å². The highest BCUT2D eigenvalue weighted by Crippen LogP contribution is 2.43. The molecular formula is C37H12F15N4+3. The van der Waals surface area contributed by atoms with Gasteiger partial charge in [-0.05, 0) is 12.1 Å². The van der Waals surface area contributed by atoms with Crippen molar-refractivity contribution < 1.29 is 65.9 Å². The lowest BCUT2D eigenvalue weighted by atomic mass is 9.91. The summed E-state index contributed by atoms with van der Waals surface area (Å²) in [6, 6.07) is 8.00. The molecular weight excluding hydrogens is 785 g/mol. The zero-order chi connectivity index (χ0) is 40.2. The van der Waals surface area contributed by atoms with Gasteiger partial charge in [-0.1, -0.05) is 0 Å². The third-order valence-electron chi connectivity index (χ3n) is 9.03. The van der Waals surface area contributed by atoms with Crippen LogP contribution in [0.3, 0.4) is 0 Å². The molecule has 8 bridgehead atoms. The van der Waals surface area contributed by atoms with Gasteiger partial charge < -0.3 is 19.9 Å². The summed E-state index contributed by atoms with van der Waals surface area (Å²) in [5, 5.41) is 0. The van der Waals surface area contributed by atoms with Crippen molar-refractivity contribution >= 4 is 0 Å². The van der Waals surface area contributed by atoms with Crippen molar-refractivity contribution in [3.8, 4) is 11.4 Å². The molecule has 0 aliphatic carbocycles. The predicted molar refractivity (Wildman–Crippen MR) is 163 cm³/mol. The van der Waals surface area contributed by atoms with Crippen LogP contribution in [0.2, 0.25) is 0 Å². The van der Waals surface area contributed by atoms with Crippen LogP contribution in [0.1, 0.15) is 50.9 Å². The van der Waals surface area contributed by atoms with Gasteiger partial charge >= 0.3 is 0 Å². The van der Waals surface area contributed by atoms with E-state index in [1.165, 1.54) is 12.1 Å². The summed E-state index contributed by atoms with van der Waals surface area (Å²) in [5.74, 6) is -39.0. The van der Waals surface area contributed by atoms with E-state index in [4.69, 9.17) is 0 Å². The molecule has 4 N–H and O–H groups in total. The fourth-order valence-electron chi connectivity index (χ4n) is 6.49. The van der Waals surface area contributed by atoms with E-state index >= 15 is 26.3 Å². The molecule has 5 heterocycles. The Morgan fingerprint density at radius 1 is 0.232 bits per heavy atom. The van der Waals surface area contributed by atoms with Gasteiger partial charge in [-0.2, -0.15) is 65.9 Å². The highest BCUT2D eigenvalue weighted by Gasteiger charge is 2.46. The Labute approximate surface area is 301 Å². The number of fused-ring (bicyclic) bond motifs is 9. The Morgan fingerprint density at radius 3 is 0.643 bits per heavy atom. The number of aromatic amines is 4. The van der Waals surface area contributed by atoms with Crippen molar-refractivity contribution in [2.24, 2.45) is 0 Å². The molecule has 19 heteroatoms. The molecule has 1 aliphatic rings. The number of aromatic nitrogens is 4. The summed E-state index contributed by atoms with van der Waals surface area (Å²) in [6.45, 7) is 0. The van der Waals surface area contributed by atoms with E-state index < -0.39 is 156 Å². The second-order valence-electron chi connectivity index (χ2n) is 12.1. The van der Waals surface area contributed by atoms with Crippen LogP contribution in [0.25, 0.3) is 11.4 Å². The van der Waals surface area contributed by atoms with Gasteiger partial charge in [-0.25, -0.2) is 0 Å². The fourth-order valence-corrected chi connectivity index (χ4v) is 6.49. The number of hydrogen-bond acceptors (Lipinski definition) is 0. The lowest BCUT2D eigenvalue weighted by Crippen LogP contribution is -2.17. The van der Waals surface area contributed by atoms with Crippen LogP contribution >= 0.6 is 0 Å². The van der Waals surface area contributed by atoms with Crippen molar-refractivity contribution in [1.29, 1.82) is 0 Å². The smallest absolute Gasteiger partial charge is 0.239 e. The number of nitrogens with one attached hydrogen (secondary N) is 4. The topological polar surface area (TPSA) is 63.2 Å². The van der Waals surface area contributed by atoms with Crippen LogP contribution in [0.5, 0.6) is 0 Å². The van der Waals surface area contributed by atoms with Gasteiger partial charge in [-0.3, -0.25) is 0 Å². The van der Waals surface area contributed by atoms with Crippen molar-refractivity contribution in [1.82, 2.24) is 19.9 Å². The molecule has 282 valence electrons. The second kappa shape index (κ2) is 12.7. The van der Waals surface area contributed by atoms with Gasteiger partial charge in [-0.15, -0.1) is 0 Å². The van der Waals surface area contributed by atoms with Gasteiger partial charge in [0, 0.05) is 12.1 Å². The Bertz CT molecular complexity index is 2520. The number of H-pyrrole nitrogens is 4. The summed E-state index contributed by atoms with van der Waals surface area (Å²) in [4.78, 5) is 10.2. The normalized spacial score (nSPS) is 12.8. The standard InChI is InChI=1S/C37H12F15N4/c38-23-20(24(39)30(45)35(50)29(23)44)17-11-3-1-9(53-11)10-2-4-12(54-10)18(21-25(40)31(46)36(51)32(47)26(21)41)14-6-8-16(56-14)19(15-7-5-13(17)55-15)22-27(42)33(48)37(52)34(49)28(22)43/h1-8,53-56H/q+3. The third kappa shape index (κ3) is 5.09. The zero-order valence-electron chi connectivity index (χ0n) is 26.8. The molecule has 0 saturated carbocycles. The van der Waals surface area contributed by atoms with Gasteiger partial charge in [0.2, 0.25) is 87.3 Å². The lowest BCUT2D eigenvalue weighted by molar-refractivity contribution is 0.373. The quantitative estimate of drug-likeness (QED) is 0.0596. The van der Waals surface area contributed by atoms with E-state index in [1.54, 1.807) is 0 Å². The summed E-state index contributed by atoms with van der Waals surface area (Å²) in [5.41, 5.74) is -8.20. The molecule has 1 aliphatic heterocycles. The maximum Gasteiger partial charge on any atom is 0.239 e.